The number of alkyl carbamates (subject to hydrolysis) is 1. The van der Waals surface area contributed by atoms with Crippen LogP contribution in [0.3, 0.4) is 0 Å². The molecule has 3 heterocycles. The number of likely N-dealkylation sites (tertiary alicyclic amines) is 1. The highest BCUT2D eigenvalue weighted by molar-refractivity contribution is 6.62. The van der Waals surface area contributed by atoms with E-state index in [2.05, 4.69) is 10.3 Å². The number of imidazole rings is 1. The number of benzene rings is 1. The zero-order chi connectivity index (χ0) is 25.7. The molecule has 2 amide bonds. The predicted octanol–water partition coefficient (Wildman–Crippen LogP) is 3.29. The topological polar surface area (TPSA) is 106 Å². The van der Waals surface area contributed by atoms with E-state index < -0.39 is 30.5 Å². The summed E-state index contributed by atoms with van der Waals surface area (Å²) < 4.78 is 17.1. The van der Waals surface area contributed by atoms with Gasteiger partial charge in [-0.3, -0.25) is 4.79 Å². The molecule has 2 N–H and O–H groups in total. The van der Waals surface area contributed by atoms with E-state index in [1.165, 1.54) is 7.11 Å². The van der Waals surface area contributed by atoms with Crippen molar-refractivity contribution in [2.75, 3.05) is 7.11 Å². The molecule has 0 spiro atoms. The van der Waals surface area contributed by atoms with E-state index in [1.807, 2.05) is 71.6 Å². The highest BCUT2D eigenvalue weighted by Crippen LogP contribution is 2.38. The number of nitrogens with zero attached hydrogens (tertiary/aromatic N) is 2. The maximum Gasteiger partial charge on any atom is 0.494 e. The smallest absolute Gasteiger partial charge is 0.453 e. The number of H-pyrrole nitrogens is 1. The molecule has 0 unspecified atom stereocenters. The molecule has 10 heteroatoms. The largest absolute Gasteiger partial charge is 0.494 e. The maximum absolute atomic E-state index is 13.6. The van der Waals surface area contributed by atoms with Crippen molar-refractivity contribution in [2.45, 2.75) is 90.6 Å². The number of nitrogens with one attached hydrogen (secondary N) is 2. The molecule has 4 rings (SSSR count). The number of rotatable bonds is 5. The molecule has 190 valence electrons. The summed E-state index contributed by atoms with van der Waals surface area (Å²) in [5, 5.41) is 2.70. The summed E-state index contributed by atoms with van der Waals surface area (Å²) >= 11 is 0. The highest BCUT2D eigenvalue weighted by atomic mass is 16.7. The summed E-state index contributed by atoms with van der Waals surface area (Å²) in [4.78, 5) is 35.6. The van der Waals surface area contributed by atoms with Crippen molar-refractivity contribution in [3.8, 4) is 0 Å². The van der Waals surface area contributed by atoms with Crippen LogP contribution in [0.15, 0.2) is 18.2 Å². The number of methoxy groups -OCH3 is 1. The van der Waals surface area contributed by atoms with Crippen LogP contribution in [0.2, 0.25) is 0 Å². The lowest BCUT2D eigenvalue weighted by Crippen LogP contribution is -2.52. The average molecular weight is 484 g/mol. The fraction of sp³-hybridized carbons (Fsp3) is 0.640. The zero-order valence-corrected chi connectivity index (χ0v) is 22.0. The minimum Gasteiger partial charge on any atom is -0.453 e. The Morgan fingerprint density at radius 1 is 1.20 bits per heavy atom. The van der Waals surface area contributed by atoms with Crippen molar-refractivity contribution in [3.05, 3.63) is 24.0 Å². The maximum atomic E-state index is 13.6. The standard InChI is InChI=1S/C25H37BN4O5/c1-14(2)20(29-23(32)33-8)22(31)30-15(3)9-12-19(30)21-27-17-11-10-16(13-18(17)28-21)26-34-24(4,5)25(6,7)35-26/h10-11,13-15,19-20H,9,12H2,1-8H3,(H,27,28)(H,29,32)/t15-,19-,20-/m0/s1. The lowest BCUT2D eigenvalue weighted by Gasteiger charge is -2.32. The van der Waals surface area contributed by atoms with Gasteiger partial charge in [0.2, 0.25) is 5.91 Å². The summed E-state index contributed by atoms with van der Waals surface area (Å²) in [6.07, 6.45) is 1.04. The van der Waals surface area contributed by atoms with Crippen molar-refractivity contribution >= 4 is 35.6 Å². The summed E-state index contributed by atoms with van der Waals surface area (Å²) in [6.45, 7) is 14.0. The van der Waals surface area contributed by atoms with Gasteiger partial charge in [0.25, 0.3) is 0 Å². The Hall–Kier alpha value is -2.59. The average Bonchev–Trinajstić information content (AvgIpc) is 3.43. The number of fused-ring (bicyclic) bond motifs is 1. The second kappa shape index (κ2) is 9.13. The molecule has 0 aliphatic carbocycles. The lowest BCUT2D eigenvalue weighted by molar-refractivity contribution is -0.137. The van der Waals surface area contributed by atoms with Gasteiger partial charge >= 0.3 is 13.2 Å². The SMILES string of the molecule is COC(=O)N[C@H](C(=O)N1[C@@H](C)CC[C@H]1c1nc2ccc(B3OC(C)(C)C(C)(C)O3)cc2[nH]1)C(C)C. The van der Waals surface area contributed by atoms with Crippen molar-refractivity contribution in [2.24, 2.45) is 5.92 Å². The molecule has 0 bridgehead atoms. The first kappa shape index (κ1) is 25.5. The van der Waals surface area contributed by atoms with E-state index >= 15 is 0 Å². The molecule has 1 aromatic heterocycles. The first-order valence-corrected chi connectivity index (χ1v) is 12.4. The van der Waals surface area contributed by atoms with Crippen LogP contribution in [0.25, 0.3) is 11.0 Å². The monoisotopic (exact) mass is 484 g/mol. The van der Waals surface area contributed by atoms with Crippen LogP contribution in [0, 0.1) is 5.92 Å². The fourth-order valence-electron chi connectivity index (χ4n) is 4.81. The molecule has 2 aliphatic rings. The second-order valence-electron chi connectivity index (χ2n) is 11.0. The molecule has 2 aromatic rings. The number of carbonyl (C=O) groups is 2. The Kier molecular flexibility index (Phi) is 6.65. The predicted molar refractivity (Wildman–Crippen MR) is 134 cm³/mol. The van der Waals surface area contributed by atoms with Gasteiger partial charge in [-0.1, -0.05) is 19.9 Å². The minimum atomic E-state index is -0.676. The summed E-state index contributed by atoms with van der Waals surface area (Å²) in [6, 6.07) is 5.09. The Labute approximate surface area is 207 Å². The summed E-state index contributed by atoms with van der Waals surface area (Å²) in [5.74, 6) is 0.524. The number of aromatic nitrogens is 2. The minimum absolute atomic E-state index is 0.0294. The molecular formula is C25H37BN4O5. The third kappa shape index (κ3) is 4.65. The first-order chi connectivity index (χ1) is 16.3. The van der Waals surface area contributed by atoms with Crippen LogP contribution in [-0.4, -0.2) is 64.4 Å². The second-order valence-corrected chi connectivity index (χ2v) is 11.0. The van der Waals surface area contributed by atoms with Gasteiger partial charge in [-0.25, -0.2) is 9.78 Å². The van der Waals surface area contributed by atoms with Crippen LogP contribution in [0.4, 0.5) is 4.79 Å². The molecule has 0 saturated carbocycles. The summed E-state index contributed by atoms with van der Waals surface area (Å²) in [7, 11) is 0.835. The molecule has 2 aliphatic heterocycles. The Morgan fingerprint density at radius 3 is 2.46 bits per heavy atom. The Bertz CT molecular complexity index is 1100. The molecule has 2 saturated heterocycles. The third-order valence-corrected chi connectivity index (χ3v) is 7.68. The number of carbonyl (C=O) groups excluding carboxylic acids is 2. The first-order valence-electron chi connectivity index (χ1n) is 12.4. The van der Waals surface area contributed by atoms with Crippen molar-refractivity contribution < 1.29 is 23.6 Å². The number of hydrogen-bond donors (Lipinski definition) is 2. The third-order valence-electron chi connectivity index (χ3n) is 7.68. The number of ether oxygens (including phenoxy) is 1. The number of amides is 2. The Morgan fingerprint density at radius 2 is 1.86 bits per heavy atom. The number of aromatic amines is 1. The summed E-state index contributed by atoms with van der Waals surface area (Å²) in [5.41, 5.74) is 1.77. The lowest BCUT2D eigenvalue weighted by atomic mass is 9.79. The normalized spacial score (nSPS) is 24.3. The van der Waals surface area contributed by atoms with Crippen LogP contribution >= 0.6 is 0 Å². The van der Waals surface area contributed by atoms with E-state index in [0.717, 1.165) is 35.2 Å². The molecule has 3 atom stereocenters. The van der Waals surface area contributed by atoms with Gasteiger partial charge in [0.15, 0.2) is 0 Å². The van der Waals surface area contributed by atoms with Gasteiger partial charge in [-0.05, 0) is 71.0 Å². The molecule has 1 aromatic carbocycles. The van der Waals surface area contributed by atoms with Crippen LogP contribution in [-0.2, 0) is 18.8 Å². The molecular weight excluding hydrogens is 447 g/mol. The van der Waals surface area contributed by atoms with E-state index in [9.17, 15) is 9.59 Å². The van der Waals surface area contributed by atoms with Crippen molar-refractivity contribution in [1.29, 1.82) is 0 Å². The van der Waals surface area contributed by atoms with E-state index in [1.54, 1.807) is 0 Å². The van der Waals surface area contributed by atoms with E-state index in [4.69, 9.17) is 19.0 Å². The van der Waals surface area contributed by atoms with Gasteiger partial charge in [0, 0.05) is 6.04 Å². The van der Waals surface area contributed by atoms with E-state index in [-0.39, 0.29) is 23.9 Å². The van der Waals surface area contributed by atoms with Gasteiger partial charge in [0.1, 0.15) is 11.9 Å². The quantitative estimate of drug-likeness (QED) is 0.631. The zero-order valence-electron chi connectivity index (χ0n) is 22.0. The van der Waals surface area contributed by atoms with Gasteiger partial charge in [-0.15, -0.1) is 0 Å². The van der Waals surface area contributed by atoms with Crippen LogP contribution in [0.1, 0.15) is 73.2 Å². The van der Waals surface area contributed by atoms with Crippen molar-refractivity contribution in [1.82, 2.24) is 20.2 Å². The molecule has 2 fully saturated rings. The van der Waals surface area contributed by atoms with Gasteiger partial charge in [-0.2, -0.15) is 0 Å². The van der Waals surface area contributed by atoms with Gasteiger partial charge < -0.3 is 29.2 Å². The molecule has 9 nitrogen and oxygen atoms in total. The van der Waals surface area contributed by atoms with Crippen LogP contribution in [0.5, 0.6) is 0 Å². The fourth-order valence-corrected chi connectivity index (χ4v) is 4.81. The highest BCUT2D eigenvalue weighted by Gasteiger charge is 2.51. The molecule has 35 heavy (non-hydrogen) atoms. The van der Waals surface area contributed by atoms with Gasteiger partial charge in [0.05, 0.1) is 35.4 Å². The number of hydrogen-bond acceptors (Lipinski definition) is 6. The van der Waals surface area contributed by atoms with Crippen LogP contribution < -0.4 is 10.8 Å². The Balaban J connectivity index is 1.60. The molecule has 0 radical (unpaired) electrons. The van der Waals surface area contributed by atoms with Crippen molar-refractivity contribution in [3.63, 3.8) is 0 Å². The van der Waals surface area contributed by atoms with E-state index in [0.29, 0.717) is 0 Å².